The molecule has 0 unspecified atom stereocenters. The number of nitrogens with zero attached hydrogens (tertiary/aromatic N) is 2. The average molecular weight is 443 g/mol. The minimum atomic E-state index is -3.53. The number of hydrogen-bond acceptors (Lipinski definition) is 5. The van der Waals surface area contributed by atoms with Gasteiger partial charge in [-0.25, -0.2) is 8.42 Å². The summed E-state index contributed by atoms with van der Waals surface area (Å²) >= 11 is 5.44. The first-order valence-corrected chi connectivity index (χ1v) is 12.3. The van der Waals surface area contributed by atoms with Crippen molar-refractivity contribution in [2.45, 2.75) is 44.9 Å². The van der Waals surface area contributed by atoms with Crippen molar-refractivity contribution in [2.24, 2.45) is 0 Å². The van der Waals surface area contributed by atoms with Gasteiger partial charge in [-0.05, 0) is 56.6 Å². The molecular formula is C20H34N4O3S2. The predicted octanol–water partition coefficient (Wildman–Crippen LogP) is 3.03. The van der Waals surface area contributed by atoms with E-state index in [-0.39, 0.29) is 4.90 Å². The molecule has 1 aromatic rings. The number of anilines is 2. The summed E-state index contributed by atoms with van der Waals surface area (Å²) in [6.07, 6.45) is 3.13. The second kappa shape index (κ2) is 11.7. The van der Waals surface area contributed by atoms with Gasteiger partial charge in [0.1, 0.15) is 0 Å². The predicted molar refractivity (Wildman–Crippen MR) is 123 cm³/mol. The summed E-state index contributed by atoms with van der Waals surface area (Å²) in [5.74, 6) is 0. The smallest absolute Gasteiger partial charge is 0.243 e. The largest absolute Gasteiger partial charge is 0.382 e. The molecule has 0 aliphatic carbocycles. The molecule has 29 heavy (non-hydrogen) atoms. The Balaban J connectivity index is 2.21. The highest BCUT2D eigenvalue weighted by Crippen LogP contribution is 2.32. The number of ether oxygens (including phenoxy) is 1. The molecule has 7 nitrogen and oxygen atoms in total. The van der Waals surface area contributed by atoms with Crippen LogP contribution in [0.3, 0.4) is 0 Å². The first-order chi connectivity index (χ1) is 13.9. The fourth-order valence-corrected chi connectivity index (χ4v) is 5.11. The molecule has 9 heteroatoms. The minimum absolute atomic E-state index is 0.283. The third-order valence-electron chi connectivity index (χ3n) is 4.96. The topological polar surface area (TPSA) is 73.9 Å². The molecule has 1 aromatic carbocycles. The van der Waals surface area contributed by atoms with Crippen LogP contribution in [0.4, 0.5) is 11.4 Å². The van der Waals surface area contributed by atoms with Gasteiger partial charge in [-0.1, -0.05) is 13.8 Å². The van der Waals surface area contributed by atoms with Crippen molar-refractivity contribution in [3.63, 3.8) is 0 Å². The molecule has 1 heterocycles. The van der Waals surface area contributed by atoms with Crippen LogP contribution in [-0.4, -0.2) is 63.8 Å². The molecule has 1 saturated heterocycles. The molecule has 0 spiro atoms. The fraction of sp³-hybridized carbons (Fsp3) is 0.650. The monoisotopic (exact) mass is 442 g/mol. The van der Waals surface area contributed by atoms with Crippen molar-refractivity contribution in [1.82, 2.24) is 9.62 Å². The van der Waals surface area contributed by atoms with Crippen LogP contribution in [-0.2, 0) is 14.8 Å². The van der Waals surface area contributed by atoms with Crippen LogP contribution in [0.5, 0.6) is 0 Å². The Kier molecular flexibility index (Phi) is 9.61. The maximum absolute atomic E-state index is 13.0. The Hall–Kier alpha value is -1.42. The molecule has 0 amide bonds. The number of benzene rings is 1. The Morgan fingerprint density at radius 1 is 1.21 bits per heavy atom. The van der Waals surface area contributed by atoms with E-state index in [9.17, 15) is 8.42 Å². The van der Waals surface area contributed by atoms with Crippen LogP contribution in [0.25, 0.3) is 0 Å². The van der Waals surface area contributed by atoms with Crippen LogP contribution in [0.2, 0.25) is 0 Å². The Morgan fingerprint density at radius 2 is 1.90 bits per heavy atom. The van der Waals surface area contributed by atoms with Crippen LogP contribution < -0.4 is 15.5 Å². The number of rotatable bonds is 11. The van der Waals surface area contributed by atoms with Gasteiger partial charge in [0.05, 0.1) is 16.3 Å². The number of nitrogens with one attached hydrogen (secondary N) is 2. The Labute approximate surface area is 180 Å². The number of thiocarbonyl (C=S) groups is 1. The summed E-state index contributed by atoms with van der Waals surface area (Å²) < 4.78 is 32.7. The lowest BCUT2D eigenvalue weighted by Crippen LogP contribution is -2.32. The van der Waals surface area contributed by atoms with Gasteiger partial charge in [0.2, 0.25) is 10.0 Å². The van der Waals surface area contributed by atoms with Gasteiger partial charge in [-0.3, -0.25) is 0 Å². The summed E-state index contributed by atoms with van der Waals surface area (Å²) in [6, 6.07) is 5.29. The summed E-state index contributed by atoms with van der Waals surface area (Å²) in [4.78, 5) is 2.55. The normalized spacial score (nSPS) is 14.4. The van der Waals surface area contributed by atoms with E-state index in [4.69, 9.17) is 17.0 Å². The lowest BCUT2D eigenvalue weighted by Gasteiger charge is -2.24. The van der Waals surface area contributed by atoms with Gasteiger partial charge >= 0.3 is 0 Å². The van der Waals surface area contributed by atoms with Gasteiger partial charge in [0.25, 0.3) is 0 Å². The van der Waals surface area contributed by atoms with Gasteiger partial charge in [-0.15, -0.1) is 0 Å². The van der Waals surface area contributed by atoms with Crippen molar-refractivity contribution < 1.29 is 13.2 Å². The van der Waals surface area contributed by atoms with Crippen LogP contribution in [0.15, 0.2) is 23.1 Å². The zero-order chi connectivity index (χ0) is 21.3. The van der Waals surface area contributed by atoms with E-state index in [2.05, 4.69) is 15.5 Å². The Bertz CT molecular complexity index is 761. The van der Waals surface area contributed by atoms with E-state index >= 15 is 0 Å². The molecule has 1 aliphatic heterocycles. The van der Waals surface area contributed by atoms with Gasteiger partial charge in [0.15, 0.2) is 5.11 Å². The standard InChI is InChI=1S/C20H34N4O3S2/c1-4-24(5-2)29(25,26)17-10-11-19(23-13-7-8-14-23)18(16-17)22-20(28)21-12-9-15-27-6-3/h10-11,16H,4-9,12-15H2,1-3H3,(H2,21,22,28). The molecule has 1 aliphatic rings. The van der Waals surface area contributed by atoms with E-state index in [0.29, 0.717) is 38.0 Å². The highest BCUT2D eigenvalue weighted by Gasteiger charge is 2.24. The maximum Gasteiger partial charge on any atom is 0.243 e. The van der Waals surface area contributed by atoms with E-state index in [1.54, 1.807) is 12.1 Å². The van der Waals surface area contributed by atoms with Crippen molar-refractivity contribution >= 4 is 38.7 Å². The Morgan fingerprint density at radius 3 is 2.52 bits per heavy atom. The second-order valence-electron chi connectivity index (χ2n) is 6.89. The molecule has 0 atom stereocenters. The van der Waals surface area contributed by atoms with Gasteiger partial charge < -0.3 is 20.3 Å². The maximum atomic E-state index is 13.0. The van der Waals surface area contributed by atoms with Crippen LogP contribution >= 0.6 is 12.2 Å². The first kappa shape index (κ1) is 23.9. The van der Waals surface area contributed by atoms with Crippen LogP contribution in [0.1, 0.15) is 40.0 Å². The lowest BCUT2D eigenvalue weighted by molar-refractivity contribution is 0.146. The third kappa shape index (κ3) is 6.53. The SMILES string of the molecule is CCOCCCNC(=S)Nc1cc(S(=O)(=O)N(CC)CC)ccc1N1CCCC1. The average Bonchev–Trinajstić information content (AvgIpc) is 3.23. The molecule has 2 N–H and O–H groups in total. The molecule has 0 aromatic heterocycles. The summed E-state index contributed by atoms with van der Waals surface area (Å²) in [5.41, 5.74) is 1.71. The molecule has 2 rings (SSSR count). The molecule has 0 radical (unpaired) electrons. The van der Waals surface area contributed by atoms with Crippen molar-refractivity contribution in [3.05, 3.63) is 18.2 Å². The van der Waals surface area contributed by atoms with Gasteiger partial charge in [-0.2, -0.15) is 4.31 Å². The summed E-state index contributed by atoms with van der Waals surface area (Å²) in [7, 11) is -3.53. The highest BCUT2D eigenvalue weighted by molar-refractivity contribution is 7.89. The van der Waals surface area contributed by atoms with Crippen LogP contribution in [0, 0.1) is 0 Å². The highest BCUT2D eigenvalue weighted by atomic mass is 32.2. The third-order valence-corrected chi connectivity index (χ3v) is 7.25. The molecule has 164 valence electrons. The fourth-order valence-electron chi connectivity index (χ4n) is 3.41. The van der Waals surface area contributed by atoms with Gasteiger partial charge in [0, 0.05) is 45.9 Å². The zero-order valence-electron chi connectivity index (χ0n) is 17.7. The molecule has 1 fully saturated rings. The van der Waals surface area contributed by atoms with E-state index in [0.717, 1.165) is 43.7 Å². The van der Waals surface area contributed by atoms with Crippen molar-refractivity contribution in [1.29, 1.82) is 0 Å². The number of sulfonamides is 1. The molecule has 0 bridgehead atoms. The summed E-state index contributed by atoms with van der Waals surface area (Å²) in [5, 5.41) is 6.88. The zero-order valence-corrected chi connectivity index (χ0v) is 19.4. The minimum Gasteiger partial charge on any atom is -0.382 e. The first-order valence-electron chi connectivity index (χ1n) is 10.5. The number of hydrogen-bond donors (Lipinski definition) is 2. The van der Waals surface area contributed by atoms with E-state index < -0.39 is 10.0 Å². The lowest BCUT2D eigenvalue weighted by atomic mass is 10.2. The van der Waals surface area contributed by atoms with Crippen molar-refractivity contribution in [3.8, 4) is 0 Å². The second-order valence-corrected chi connectivity index (χ2v) is 9.24. The van der Waals surface area contributed by atoms with E-state index in [1.165, 1.54) is 4.31 Å². The van der Waals surface area contributed by atoms with Crippen molar-refractivity contribution in [2.75, 3.05) is 56.2 Å². The summed E-state index contributed by atoms with van der Waals surface area (Å²) in [6.45, 7) is 10.6. The molecule has 0 saturated carbocycles. The molecular weight excluding hydrogens is 408 g/mol. The van der Waals surface area contributed by atoms with E-state index in [1.807, 2.05) is 26.8 Å². The quantitative estimate of drug-likeness (QED) is 0.403.